The maximum atomic E-state index is 2.52. The van der Waals surface area contributed by atoms with Crippen LogP contribution < -0.4 is 4.90 Å². The predicted molar refractivity (Wildman–Crippen MR) is 208 cm³/mol. The first-order valence-electron chi connectivity index (χ1n) is 17.4. The van der Waals surface area contributed by atoms with Gasteiger partial charge >= 0.3 is 0 Å². The number of hydrogen-bond donors (Lipinski definition) is 0. The summed E-state index contributed by atoms with van der Waals surface area (Å²) in [6.07, 6.45) is 0. The number of fused-ring (bicyclic) bond motifs is 10. The quantitative estimate of drug-likeness (QED) is 0.182. The third-order valence-electron chi connectivity index (χ3n) is 10.7. The summed E-state index contributed by atoms with van der Waals surface area (Å²) in [4.78, 5) is 2.52. The Balaban J connectivity index is 1.33. The second kappa shape index (κ2) is 11.3. The van der Waals surface area contributed by atoms with Gasteiger partial charge in [0.05, 0.1) is 16.8 Å². The SMILES string of the molecule is c1ccc(-c2cccc(N(c3ccccc3-c3ccccc3)c3cccc4c3C3(c5ccccc5-c5ccccc53)c3ccccc3-4)c2)cc1. The molecule has 1 spiro atoms. The highest BCUT2D eigenvalue weighted by atomic mass is 15.1. The second-order valence-electron chi connectivity index (χ2n) is 13.2. The standard InChI is InChI=1S/C49H33N/c1-3-17-34(18-4-1)36-21-15-22-37(33-36)50(46-31-14-10-23-38(46)35-19-5-2-6-20-35)47-32-16-27-42-41-26-9-13-30-45(41)49(48(42)47)43-28-11-7-24-39(43)40-25-8-12-29-44(40)49/h1-33H. The van der Waals surface area contributed by atoms with Gasteiger partial charge in [-0.25, -0.2) is 0 Å². The molecule has 2 aliphatic carbocycles. The molecule has 10 rings (SSSR count). The lowest BCUT2D eigenvalue weighted by Crippen LogP contribution is -2.28. The van der Waals surface area contributed by atoms with Gasteiger partial charge in [-0.15, -0.1) is 0 Å². The number of para-hydroxylation sites is 1. The number of benzene rings is 8. The van der Waals surface area contributed by atoms with E-state index in [1.54, 1.807) is 0 Å². The van der Waals surface area contributed by atoms with Crippen molar-refractivity contribution >= 4 is 17.1 Å². The number of hydrogen-bond acceptors (Lipinski definition) is 1. The van der Waals surface area contributed by atoms with Gasteiger partial charge in [-0.2, -0.15) is 0 Å². The molecule has 0 unspecified atom stereocenters. The molecule has 0 radical (unpaired) electrons. The Labute approximate surface area is 293 Å². The van der Waals surface area contributed by atoms with Gasteiger partial charge in [0, 0.05) is 16.8 Å². The third kappa shape index (κ3) is 4.07. The Morgan fingerprint density at radius 1 is 0.300 bits per heavy atom. The van der Waals surface area contributed by atoms with Crippen molar-refractivity contribution in [2.45, 2.75) is 5.41 Å². The zero-order chi connectivity index (χ0) is 33.1. The summed E-state index contributed by atoms with van der Waals surface area (Å²) in [7, 11) is 0. The molecular formula is C49H33N. The van der Waals surface area contributed by atoms with Crippen molar-refractivity contribution < 1.29 is 0 Å². The largest absolute Gasteiger partial charge is 0.309 e. The maximum absolute atomic E-state index is 2.52. The van der Waals surface area contributed by atoms with Crippen molar-refractivity contribution in [2.75, 3.05) is 4.90 Å². The lowest BCUT2D eigenvalue weighted by molar-refractivity contribution is 0.793. The second-order valence-corrected chi connectivity index (χ2v) is 13.2. The Morgan fingerprint density at radius 3 is 1.38 bits per heavy atom. The van der Waals surface area contributed by atoms with Crippen LogP contribution in [-0.2, 0) is 5.41 Å². The van der Waals surface area contributed by atoms with E-state index in [9.17, 15) is 0 Å². The fraction of sp³-hybridized carbons (Fsp3) is 0.0204. The fourth-order valence-corrected chi connectivity index (χ4v) is 8.71. The molecule has 0 saturated heterocycles. The smallest absolute Gasteiger partial charge is 0.0746 e. The Hall–Kier alpha value is -6.44. The van der Waals surface area contributed by atoms with Crippen LogP contribution in [0.5, 0.6) is 0 Å². The lowest BCUT2D eigenvalue weighted by atomic mass is 9.70. The molecule has 0 atom stereocenters. The van der Waals surface area contributed by atoms with Gasteiger partial charge in [0.15, 0.2) is 0 Å². The summed E-state index contributed by atoms with van der Waals surface area (Å²) in [6.45, 7) is 0. The molecule has 0 bridgehead atoms. The normalized spacial score (nSPS) is 13.0. The van der Waals surface area contributed by atoms with Crippen molar-refractivity contribution in [3.05, 3.63) is 222 Å². The van der Waals surface area contributed by atoms with E-state index < -0.39 is 5.41 Å². The molecular weight excluding hydrogens is 603 g/mol. The molecule has 0 N–H and O–H groups in total. The van der Waals surface area contributed by atoms with Gasteiger partial charge < -0.3 is 4.90 Å². The Kier molecular flexibility index (Phi) is 6.47. The van der Waals surface area contributed by atoms with E-state index in [1.807, 2.05) is 0 Å². The van der Waals surface area contributed by atoms with E-state index in [0.717, 1.165) is 11.4 Å². The summed E-state index contributed by atoms with van der Waals surface area (Å²) < 4.78 is 0. The summed E-state index contributed by atoms with van der Waals surface area (Å²) in [5.41, 5.74) is 18.3. The molecule has 0 amide bonds. The number of rotatable bonds is 5. The van der Waals surface area contributed by atoms with Gasteiger partial charge in [0.25, 0.3) is 0 Å². The van der Waals surface area contributed by atoms with Gasteiger partial charge in [-0.05, 0) is 79.9 Å². The van der Waals surface area contributed by atoms with E-state index in [0.29, 0.717) is 0 Å². The van der Waals surface area contributed by atoms with Crippen LogP contribution in [0.3, 0.4) is 0 Å². The topological polar surface area (TPSA) is 3.24 Å². The number of nitrogens with zero attached hydrogens (tertiary/aromatic N) is 1. The molecule has 234 valence electrons. The minimum atomic E-state index is -0.479. The first-order valence-corrected chi connectivity index (χ1v) is 17.4. The molecule has 1 heteroatoms. The highest BCUT2D eigenvalue weighted by molar-refractivity contribution is 6.01. The van der Waals surface area contributed by atoms with Gasteiger partial charge in [-0.3, -0.25) is 0 Å². The summed E-state index contributed by atoms with van der Waals surface area (Å²) in [6, 6.07) is 73.5. The average molecular weight is 636 g/mol. The summed E-state index contributed by atoms with van der Waals surface area (Å²) in [5.74, 6) is 0. The van der Waals surface area contributed by atoms with Crippen LogP contribution in [0, 0.1) is 0 Å². The van der Waals surface area contributed by atoms with Crippen molar-refractivity contribution in [3.8, 4) is 44.5 Å². The van der Waals surface area contributed by atoms with Gasteiger partial charge in [0.2, 0.25) is 0 Å². The first-order chi connectivity index (χ1) is 24.8. The molecule has 8 aromatic carbocycles. The molecule has 0 aromatic heterocycles. The van der Waals surface area contributed by atoms with Gasteiger partial charge in [-0.1, -0.05) is 176 Å². The van der Waals surface area contributed by atoms with Crippen LogP contribution in [-0.4, -0.2) is 0 Å². The van der Waals surface area contributed by atoms with Crippen LogP contribution >= 0.6 is 0 Å². The van der Waals surface area contributed by atoms with Crippen molar-refractivity contribution in [1.29, 1.82) is 0 Å². The summed E-state index contributed by atoms with van der Waals surface area (Å²) in [5, 5.41) is 0. The number of anilines is 3. The fourth-order valence-electron chi connectivity index (χ4n) is 8.71. The third-order valence-corrected chi connectivity index (χ3v) is 10.7. The van der Waals surface area contributed by atoms with E-state index >= 15 is 0 Å². The van der Waals surface area contributed by atoms with E-state index in [4.69, 9.17) is 0 Å². The Morgan fingerprint density at radius 2 is 0.740 bits per heavy atom. The Bertz CT molecular complexity index is 2480. The first kappa shape index (κ1) is 28.6. The lowest BCUT2D eigenvalue weighted by Gasteiger charge is -2.36. The van der Waals surface area contributed by atoms with E-state index in [-0.39, 0.29) is 0 Å². The monoisotopic (exact) mass is 635 g/mol. The molecule has 8 aromatic rings. The van der Waals surface area contributed by atoms with Crippen LogP contribution in [0.15, 0.2) is 200 Å². The molecule has 1 nitrogen and oxygen atoms in total. The molecule has 0 saturated carbocycles. The highest BCUT2D eigenvalue weighted by Crippen LogP contribution is 2.65. The molecule has 0 aliphatic heterocycles. The minimum Gasteiger partial charge on any atom is -0.309 e. The zero-order valence-electron chi connectivity index (χ0n) is 27.5. The summed E-state index contributed by atoms with van der Waals surface area (Å²) >= 11 is 0. The van der Waals surface area contributed by atoms with Crippen molar-refractivity contribution in [1.82, 2.24) is 0 Å². The van der Waals surface area contributed by atoms with Crippen LogP contribution in [0.25, 0.3) is 44.5 Å². The predicted octanol–water partition coefficient (Wildman–Crippen LogP) is 12.8. The molecule has 0 heterocycles. The van der Waals surface area contributed by atoms with Gasteiger partial charge in [0.1, 0.15) is 0 Å². The van der Waals surface area contributed by atoms with Crippen LogP contribution in [0.4, 0.5) is 17.1 Å². The van der Waals surface area contributed by atoms with E-state index in [2.05, 4.69) is 205 Å². The zero-order valence-corrected chi connectivity index (χ0v) is 27.5. The molecule has 2 aliphatic rings. The molecule has 0 fully saturated rings. The van der Waals surface area contributed by atoms with Crippen LogP contribution in [0.1, 0.15) is 22.3 Å². The minimum absolute atomic E-state index is 0.479. The van der Waals surface area contributed by atoms with Crippen molar-refractivity contribution in [3.63, 3.8) is 0 Å². The maximum Gasteiger partial charge on any atom is 0.0746 e. The van der Waals surface area contributed by atoms with Crippen molar-refractivity contribution in [2.24, 2.45) is 0 Å². The average Bonchev–Trinajstić information content (AvgIpc) is 3.67. The van der Waals surface area contributed by atoms with E-state index in [1.165, 1.54) is 72.4 Å². The van der Waals surface area contributed by atoms with Crippen LogP contribution in [0.2, 0.25) is 0 Å². The molecule has 50 heavy (non-hydrogen) atoms. The highest BCUT2D eigenvalue weighted by Gasteiger charge is 2.53.